The van der Waals surface area contributed by atoms with Gasteiger partial charge >= 0.3 is 11.7 Å². The minimum atomic E-state index is -0.680. The predicted molar refractivity (Wildman–Crippen MR) is 126 cm³/mol. The van der Waals surface area contributed by atoms with Crippen LogP contribution in [0.1, 0.15) is 44.6 Å². The first-order chi connectivity index (χ1) is 16.3. The fourth-order valence-corrected chi connectivity index (χ4v) is 5.78. The molecule has 0 bridgehead atoms. The second kappa shape index (κ2) is 8.90. The number of nitrogens with zero attached hydrogens (tertiary/aromatic N) is 4. The predicted octanol–water partition coefficient (Wildman–Crippen LogP) is 1.08. The van der Waals surface area contributed by atoms with Crippen LogP contribution in [0.4, 0.5) is 5.69 Å². The molecular formula is C24H31N5O5. The van der Waals surface area contributed by atoms with E-state index in [1.54, 1.807) is 11.6 Å². The molecule has 182 valence electrons. The van der Waals surface area contributed by atoms with Crippen LogP contribution in [0.3, 0.4) is 0 Å². The highest BCUT2D eigenvalue weighted by Gasteiger charge is 2.33. The number of carboxylic acids is 1. The summed E-state index contributed by atoms with van der Waals surface area (Å²) in [5.41, 5.74) is 2.25. The molecule has 34 heavy (non-hydrogen) atoms. The zero-order chi connectivity index (χ0) is 24.0. The lowest BCUT2D eigenvalue weighted by Crippen LogP contribution is -2.48. The maximum Gasteiger partial charge on any atom is 0.329 e. The van der Waals surface area contributed by atoms with Crippen molar-refractivity contribution in [2.24, 2.45) is 13.0 Å². The first-order valence-corrected chi connectivity index (χ1v) is 12.1. The van der Waals surface area contributed by atoms with Gasteiger partial charge in [0, 0.05) is 38.3 Å². The van der Waals surface area contributed by atoms with Gasteiger partial charge < -0.3 is 14.9 Å². The fraction of sp³-hybridized carbons (Fsp3) is 0.583. The Labute approximate surface area is 197 Å². The Morgan fingerprint density at radius 2 is 1.68 bits per heavy atom. The van der Waals surface area contributed by atoms with E-state index in [0.717, 1.165) is 63.1 Å². The number of hydrogen-bond donors (Lipinski definition) is 2. The lowest BCUT2D eigenvalue weighted by atomic mass is 9.93. The smallest absolute Gasteiger partial charge is 0.329 e. The molecule has 3 saturated heterocycles. The first-order valence-electron chi connectivity index (χ1n) is 12.1. The second-order valence-electron chi connectivity index (χ2n) is 9.72. The number of imidazole rings is 1. The number of fused-ring (bicyclic) bond motifs is 1. The van der Waals surface area contributed by atoms with Crippen molar-refractivity contribution in [1.29, 1.82) is 0 Å². The van der Waals surface area contributed by atoms with Crippen molar-refractivity contribution in [3.05, 3.63) is 28.7 Å². The summed E-state index contributed by atoms with van der Waals surface area (Å²) in [4.78, 5) is 52.9. The van der Waals surface area contributed by atoms with Crippen LogP contribution in [0.15, 0.2) is 23.0 Å². The molecule has 2 amide bonds. The Bertz CT molecular complexity index is 1180. The van der Waals surface area contributed by atoms with E-state index in [1.165, 1.54) is 4.57 Å². The number of carboxylic acid groups (broad SMARTS) is 1. The quantitative estimate of drug-likeness (QED) is 0.644. The molecule has 2 N–H and O–H groups in total. The molecule has 5 rings (SSSR count). The Morgan fingerprint density at radius 1 is 0.971 bits per heavy atom. The second-order valence-corrected chi connectivity index (χ2v) is 9.72. The topological polar surface area (TPSA) is 117 Å². The van der Waals surface area contributed by atoms with Gasteiger partial charge in [-0.25, -0.2) is 4.79 Å². The Morgan fingerprint density at radius 3 is 2.32 bits per heavy atom. The fourth-order valence-electron chi connectivity index (χ4n) is 5.78. The monoisotopic (exact) mass is 469 g/mol. The molecule has 1 aromatic carbocycles. The number of amides is 2. The highest BCUT2D eigenvalue weighted by molar-refractivity contribution is 6.00. The van der Waals surface area contributed by atoms with Crippen molar-refractivity contribution < 1.29 is 19.5 Å². The Kier molecular flexibility index (Phi) is 5.93. The van der Waals surface area contributed by atoms with E-state index >= 15 is 0 Å². The summed E-state index contributed by atoms with van der Waals surface area (Å²) >= 11 is 0. The summed E-state index contributed by atoms with van der Waals surface area (Å²) in [6, 6.07) is 5.72. The molecule has 2 aromatic rings. The summed E-state index contributed by atoms with van der Waals surface area (Å²) < 4.78 is 3.08. The third-order valence-electron chi connectivity index (χ3n) is 7.82. The average molecular weight is 470 g/mol. The number of anilines is 1. The zero-order valence-corrected chi connectivity index (χ0v) is 19.4. The zero-order valence-electron chi connectivity index (χ0n) is 19.4. The summed E-state index contributed by atoms with van der Waals surface area (Å²) in [5, 5.41) is 11.6. The Balaban J connectivity index is 1.30. The maximum atomic E-state index is 13.0. The molecule has 3 aliphatic heterocycles. The van der Waals surface area contributed by atoms with Crippen LogP contribution in [0.25, 0.3) is 11.0 Å². The molecule has 3 aliphatic rings. The summed E-state index contributed by atoms with van der Waals surface area (Å²) in [6.45, 7) is 3.50. The molecule has 10 heteroatoms. The number of aliphatic carboxylic acids is 1. The van der Waals surface area contributed by atoms with Gasteiger partial charge in [0.2, 0.25) is 11.8 Å². The molecule has 0 spiro atoms. The number of carbonyl (C=O) groups excluding carboxylic acids is 2. The van der Waals surface area contributed by atoms with Gasteiger partial charge in [-0.05, 0) is 63.4 Å². The van der Waals surface area contributed by atoms with Crippen LogP contribution in [0, 0.1) is 5.92 Å². The number of aromatic nitrogens is 2. The number of aryl methyl sites for hydroxylation is 1. The third-order valence-corrected chi connectivity index (χ3v) is 7.82. The minimum absolute atomic E-state index is 0.206. The molecule has 1 aromatic heterocycles. The van der Waals surface area contributed by atoms with E-state index in [9.17, 15) is 24.3 Å². The van der Waals surface area contributed by atoms with Crippen molar-refractivity contribution in [3.8, 4) is 0 Å². The number of imide groups is 1. The van der Waals surface area contributed by atoms with Gasteiger partial charge in [-0.1, -0.05) is 0 Å². The van der Waals surface area contributed by atoms with Crippen LogP contribution >= 0.6 is 0 Å². The van der Waals surface area contributed by atoms with Gasteiger partial charge in [0.25, 0.3) is 0 Å². The van der Waals surface area contributed by atoms with Gasteiger partial charge in [0.05, 0.1) is 17.0 Å². The van der Waals surface area contributed by atoms with Gasteiger partial charge in [-0.15, -0.1) is 0 Å². The van der Waals surface area contributed by atoms with Crippen molar-refractivity contribution >= 4 is 34.5 Å². The van der Waals surface area contributed by atoms with Gasteiger partial charge in [-0.3, -0.25) is 28.8 Å². The van der Waals surface area contributed by atoms with E-state index in [0.29, 0.717) is 18.0 Å². The number of piperidine rings is 3. The lowest BCUT2D eigenvalue weighted by molar-refractivity contribution is -0.143. The highest BCUT2D eigenvalue weighted by atomic mass is 16.4. The lowest BCUT2D eigenvalue weighted by Gasteiger charge is -2.41. The normalized spacial score (nSPS) is 23.4. The average Bonchev–Trinajstić information content (AvgIpc) is 3.09. The molecule has 1 unspecified atom stereocenters. The largest absolute Gasteiger partial charge is 0.481 e. The molecule has 1 atom stereocenters. The number of carbonyl (C=O) groups is 3. The van der Waals surface area contributed by atoms with E-state index in [1.807, 2.05) is 18.2 Å². The van der Waals surface area contributed by atoms with Crippen molar-refractivity contribution in [1.82, 2.24) is 19.4 Å². The SMILES string of the molecule is Cn1c(=O)n(C2CCC(=O)NC2=O)c2ccc(N3CCC(N4CCC(C(=O)O)CC4)CC3)cc21. The van der Waals surface area contributed by atoms with Crippen molar-refractivity contribution in [2.75, 3.05) is 31.1 Å². The number of hydrogen-bond acceptors (Lipinski definition) is 6. The first kappa shape index (κ1) is 22.6. The summed E-state index contributed by atoms with van der Waals surface area (Å²) in [6.07, 6.45) is 4.04. The number of likely N-dealkylation sites (tertiary alicyclic amines) is 1. The maximum absolute atomic E-state index is 13.0. The highest BCUT2D eigenvalue weighted by Crippen LogP contribution is 2.30. The summed E-state index contributed by atoms with van der Waals surface area (Å²) in [5.74, 6) is -1.61. The van der Waals surface area contributed by atoms with Gasteiger partial charge in [0.1, 0.15) is 6.04 Å². The van der Waals surface area contributed by atoms with Crippen LogP contribution in [-0.2, 0) is 21.4 Å². The molecule has 0 aliphatic carbocycles. The van der Waals surface area contributed by atoms with Crippen LogP contribution in [-0.4, -0.2) is 69.1 Å². The van der Waals surface area contributed by atoms with E-state index in [4.69, 9.17) is 0 Å². The molecule has 4 heterocycles. The van der Waals surface area contributed by atoms with E-state index < -0.39 is 17.9 Å². The van der Waals surface area contributed by atoms with Crippen LogP contribution in [0.5, 0.6) is 0 Å². The number of nitrogens with one attached hydrogen (secondary N) is 1. The minimum Gasteiger partial charge on any atom is -0.481 e. The Hall–Kier alpha value is -3.14. The van der Waals surface area contributed by atoms with Crippen molar-refractivity contribution in [3.63, 3.8) is 0 Å². The number of rotatable bonds is 4. The molecule has 3 fully saturated rings. The molecule has 0 radical (unpaired) electrons. The van der Waals surface area contributed by atoms with E-state index in [-0.39, 0.29) is 23.9 Å². The van der Waals surface area contributed by atoms with Gasteiger partial charge in [-0.2, -0.15) is 0 Å². The molecular weight excluding hydrogens is 438 g/mol. The molecule has 10 nitrogen and oxygen atoms in total. The third kappa shape index (κ3) is 4.00. The van der Waals surface area contributed by atoms with Gasteiger partial charge in [0.15, 0.2) is 0 Å². The van der Waals surface area contributed by atoms with E-state index in [2.05, 4.69) is 15.1 Å². The van der Waals surface area contributed by atoms with Crippen molar-refractivity contribution in [2.45, 2.75) is 50.6 Å². The molecule has 0 saturated carbocycles. The van der Waals surface area contributed by atoms with Crippen LogP contribution < -0.4 is 15.9 Å². The van der Waals surface area contributed by atoms with Crippen LogP contribution in [0.2, 0.25) is 0 Å². The summed E-state index contributed by atoms with van der Waals surface area (Å²) in [7, 11) is 1.71. The standard InChI is InChI=1S/C24H31N5O5/c1-26-20-14-17(2-3-18(20)29(24(26)34)19-4-5-21(30)25-22(19)31)28-12-8-16(9-13-28)27-10-6-15(7-11-27)23(32)33/h2-3,14-16,19H,4-13H2,1H3,(H,32,33)(H,25,30,31). The number of benzene rings is 1.